The fourth-order valence-corrected chi connectivity index (χ4v) is 16.1. The van der Waals surface area contributed by atoms with Gasteiger partial charge in [-0.3, -0.25) is 37.3 Å². The maximum absolute atomic E-state index is 13.2. The predicted molar refractivity (Wildman–Crippen MR) is 460 cm³/mol. The molecule has 0 rings (SSSR count). The number of phosphoric ester groups is 2. The molecule has 0 aliphatic heterocycles. The summed E-state index contributed by atoms with van der Waals surface area (Å²) in [5.74, 6) is -0.568. The summed E-state index contributed by atoms with van der Waals surface area (Å²) in [6.07, 6.45) is 78.0. The number of carbonyl (C=O) groups excluding carboxylic acids is 4. The Kier molecular flexibility index (Phi) is 81.7. The molecule has 0 aromatic rings. The van der Waals surface area contributed by atoms with Gasteiger partial charge in [-0.15, -0.1) is 0 Å². The number of aliphatic hydroxyl groups excluding tert-OH is 1. The molecule has 2 unspecified atom stereocenters. The highest BCUT2D eigenvalue weighted by atomic mass is 31.2. The van der Waals surface area contributed by atoms with Crippen LogP contribution in [0.5, 0.6) is 0 Å². The Labute approximate surface area is 683 Å². The molecule has 660 valence electrons. The second-order valence-electron chi connectivity index (χ2n) is 34.0. The number of aliphatic hydroxyl groups is 1. The molecule has 3 N–H and O–H groups in total. The van der Waals surface area contributed by atoms with E-state index in [-0.39, 0.29) is 25.7 Å². The lowest BCUT2D eigenvalue weighted by Gasteiger charge is -2.21. The quantitative estimate of drug-likeness (QED) is 0.0222. The summed E-state index contributed by atoms with van der Waals surface area (Å²) >= 11 is 0. The maximum Gasteiger partial charge on any atom is 0.472 e. The Morgan fingerprint density at radius 3 is 0.613 bits per heavy atom. The van der Waals surface area contributed by atoms with E-state index in [1.807, 2.05) is 0 Å². The van der Waals surface area contributed by atoms with Gasteiger partial charge in [-0.1, -0.05) is 446 Å². The van der Waals surface area contributed by atoms with Gasteiger partial charge in [-0.25, -0.2) is 9.13 Å². The van der Waals surface area contributed by atoms with E-state index in [0.29, 0.717) is 25.7 Å². The van der Waals surface area contributed by atoms with Crippen molar-refractivity contribution in [1.82, 2.24) is 0 Å². The topological polar surface area (TPSA) is 237 Å². The average Bonchev–Trinajstić information content (AvgIpc) is 0.900. The summed E-state index contributed by atoms with van der Waals surface area (Å²) in [5.41, 5.74) is 0. The minimum Gasteiger partial charge on any atom is -0.462 e. The summed E-state index contributed by atoms with van der Waals surface area (Å²) < 4.78 is 69.1. The van der Waals surface area contributed by atoms with Crippen molar-refractivity contribution in [2.45, 2.75) is 516 Å². The fraction of sp³-hybridized carbons (Fsp3) is 0.957. The summed E-state index contributed by atoms with van der Waals surface area (Å²) in [4.78, 5) is 73.4. The van der Waals surface area contributed by atoms with Crippen molar-refractivity contribution in [2.24, 2.45) is 11.8 Å². The molecule has 5 atom stereocenters. The van der Waals surface area contributed by atoms with Crippen LogP contribution in [-0.2, 0) is 65.4 Å². The van der Waals surface area contributed by atoms with Crippen molar-refractivity contribution in [3.8, 4) is 0 Å². The first-order valence-corrected chi connectivity index (χ1v) is 50.5. The monoisotopic (exact) mass is 1620 g/mol. The van der Waals surface area contributed by atoms with Gasteiger partial charge < -0.3 is 33.8 Å². The van der Waals surface area contributed by atoms with Gasteiger partial charge in [0.2, 0.25) is 0 Å². The van der Waals surface area contributed by atoms with E-state index in [1.54, 1.807) is 0 Å². The zero-order valence-corrected chi connectivity index (χ0v) is 75.1. The molecular formula is C92H180O17P2. The molecule has 111 heavy (non-hydrogen) atoms. The van der Waals surface area contributed by atoms with Gasteiger partial charge in [0.1, 0.15) is 19.3 Å². The van der Waals surface area contributed by atoms with Crippen molar-refractivity contribution >= 4 is 39.5 Å². The molecule has 0 fully saturated rings. The summed E-state index contributed by atoms with van der Waals surface area (Å²) in [5, 5.41) is 10.7. The van der Waals surface area contributed by atoms with Crippen molar-refractivity contribution in [1.29, 1.82) is 0 Å². The molecule has 0 amide bonds. The smallest absolute Gasteiger partial charge is 0.462 e. The lowest BCUT2D eigenvalue weighted by molar-refractivity contribution is -0.161. The molecule has 0 saturated carbocycles. The summed E-state index contributed by atoms with van der Waals surface area (Å²) in [6, 6.07) is 0. The lowest BCUT2D eigenvalue weighted by atomic mass is 10.0. The van der Waals surface area contributed by atoms with Gasteiger partial charge in [0.15, 0.2) is 12.2 Å². The standard InChI is InChI=1S/C92H180O17P2/c1-7-9-11-13-15-17-19-21-23-25-27-29-31-33-37-41-45-49-56-62-68-74-89(94)102-80-87(108-91(96)76-70-64-58-50-46-42-38-34-32-30-28-26-24-22-20-18-16-14-12-10-8-2)82-106-110(98,99)104-78-86(93)79-105-111(100,101)107-83-88(81-103-90(95)75-69-63-57-53-52-55-61-67-73-85(5)6)109-92(97)77-71-65-59-51-47-43-39-35-36-40-44-48-54-60-66-72-84(3)4/h84-88,93H,7-83H2,1-6H3,(H,98,99)(H,100,101)/t86-,87-,88-/m1/s1. The van der Waals surface area contributed by atoms with Gasteiger partial charge in [-0.2, -0.15) is 0 Å². The van der Waals surface area contributed by atoms with Crippen molar-refractivity contribution in [3.63, 3.8) is 0 Å². The summed E-state index contributed by atoms with van der Waals surface area (Å²) in [6.45, 7) is 9.70. The third kappa shape index (κ3) is 85.8. The van der Waals surface area contributed by atoms with Crippen LogP contribution < -0.4 is 0 Å². The highest BCUT2D eigenvalue weighted by molar-refractivity contribution is 7.47. The lowest BCUT2D eigenvalue weighted by Crippen LogP contribution is -2.30. The van der Waals surface area contributed by atoms with E-state index < -0.39 is 97.5 Å². The minimum absolute atomic E-state index is 0.108. The van der Waals surface area contributed by atoms with Crippen molar-refractivity contribution < 1.29 is 80.2 Å². The number of phosphoric acid groups is 2. The van der Waals surface area contributed by atoms with Gasteiger partial charge in [0.05, 0.1) is 26.4 Å². The van der Waals surface area contributed by atoms with E-state index in [2.05, 4.69) is 41.5 Å². The molecule has 0 saturated heterocycles. The van der Waals surface area contributed by atoms with Crippen LogP contribution in [0.4, 0.5) is 0 Å². The van der Waals surface area contributed by atoms with Gasteiger partial charge in [0, 0.05) is 25.7 Å². The second kappa shape index (κ2) is 83.1. The molecule has 0 aromatic heterocycles. The number of carbonyl (C=O) groups is 4. The Morgan fingerprint density at radius 2 is 0.414 bits per heavy atom. The largest absolute Gasteiger partial charge is 0.472 e. The number of ether oxygens (including phenoxy) is 4. The Hall–Kier alpha value is -1.94. The van der Waals surface area contributed by atoms with Crippen LogP contribution in [-0.4, -0.2) is 96.7 Å². The van der Waals surface area contributed by atoms with Gasteiger partial charge in [-0.05, 0) is 37.5 Å². The third-order valence-corrected chi connectivity index (χ3v) is 23.6. The Bertz CT molecular complexity index is 2120. The Balaban J connectivity index is 5.23. The highest BCUT2D eigenvalue weighted by Crippen LogP contribution is 2.45. The van der Waals surface area contributed by atoms with E-state index in [1.165, 1.54) is 315 Å². The molecule has 0 radical (unpaired) electrons. The molecule has 19 heteroatoms. The van der Waals surface area contributed by atoms with Crippen LogP contribution in [0.3, 0.4) is 0 Å². The zero-order valence-electron chi connectivity index (χ0n) is 73.3. The highest BCUT2D eigenvalue weighted by Gasteiger charge is 2.31. The fourth-order valence-electron chi connectivity index (χ4n) is 14.5. The van der Waals surface area contributed by atoms with Crippen LogP contribution >= 0.6 is 15.6 Å². The minimum atomic E-state index is -4.97. The Morgan fingerprint density at radius 1 is 0.243 bits per heavy atom. The SMILES string of the molecule is CCCCCCCCCCCCCCCCCCCCCCCC(=O)OC[C@H](COP(=O)(O)OC[C@@H](O)COP(=O)(O)OC[C@@H](COC(=O)CCCCCCCCCCC(C)C)OC(=O)CCCCCCCCCCCCCCCCCC(C)C)OC(=O)CCCCCCCCCCCCCCCCCCCCCCC. The molecule has 0 aromatic carbocycles. The number of unbranched alkanes of at least 4 members (excludes halogenated alkanes) is 61. The molecule has 0 aliphatic carbocycles. The third-order valence-electron chi connectivity index (χ3n) is 21.7. The maximum atomic E-state index is 13.2. The second-order valence-corrected chi connectivity index (χ2v) is 36.9. The van der Waals surface area contributed by atoms with Crippen LogP contribution in [0.15, 0.2) is 0 Å². The first kappa shape index (κ1) is 109. The predicted octanol–water partition coefficient (Wildman–Crippen LogP) is 28.6. The number of rotatable bonds is 91. The van der Waals surface area contributed by atoms with E-state index >= 15 is 0 Å². The molecular weight excluding hydrogens is 1440 g/mol. The van der Waals surface area contributed by atoms with Crippen LogP contribution in [0.1, 0.15) is 497 Å². The van der Waals surface area contributed by atoms with Crippen molar-refractivity contribution in [3.05, 3.63) is 0 Å². The van der Waals surface area contributed by atoms with Gasteiger partial charge >= 0.3 is 39.5 Å². The van der Waals surface area contributed by atoms with Crippen LogP contribution in [0.2, 0.25) is 0 Å². The number of hydrogen-bond acceptors (Lipinski definition) is 15. The normalized spacial score (nSPS) is 13.7. The average molecular weight is 1620 g/mol. The first-order chi connectivity index (χ1) is 53.9. The number of hydrogen-bond donors (Lipinski definition) is 3. The molecule has 0 bridgehead atoms. The van der Waals surface area contributed by atoms with Crippen LogP contribution in [0, 0.1) is 11.8 Å². The molecule has 17 nitrogen and oxygen atoms in total. The van der Waals surface area contributed by atoms with E-state index in [9.17, 15) is 43.2 Å². The number of esters is 4. The van der Waals surface area contributed by atoms with Crippen molar-refractivity contribution in [2.75, 3.05) is 39.6 Å². The van der Waals surface area contributed by atoms with Gasteiger partial charge in [0.25, 0.3) is 0 Å². The molecule has 0 heterocycles. The molecule has 0 spiro atoms. The first-order valence-electron chi connectivity index (χ1n) is 47.5. The zero-order chi connectivity index (χ0) is 81.3. The molecule has 0 aliphatic rings. The van der Waals surface area contributed by atoms with E-state index in [4.69, 9.17) is 37.0 Å². The summed E-state index contributed by atoms with van der Waals surface area (Å²) in [7, 11) is -9.94. The van der Waals surface area contributed by atoms with E-state index in [0.717, 1.165) is 102 Å². The van der Waals surface area contributed by atoms with Crippen LogP contribution in [0.25, 0.3) is 0 Å².